The minimum Gasteiger partial charge on any atom is -0.0771 e. The predicted octanol–water partition coefficient (Wildman–Crippen LogP) is 5.19. The van der Waals surface area contributed by atoms with Gasteiger partial charge in [0.25, 0.3) is 0 Å². The summed E-state index contributed by atoms with van der Waals surface area (Å²) in [5.74, 6) is 1.72. The quantitative estimate of drug-likeness (QED) is 0.637. The predicted molar refractivity (Wildman–Crippen MR) is 79.6 cm³/mol. The zero-order chi connectivity index (χ0) is 13.2. The summed E-state index contributed by atoms with van der Waals surface area (Å²) in [7, 11) is 0. The van der Waals surface area contributed by atoms with E-state index in [1.54, 1.807) is 0 Å². The fraction of sp³-hybridized carbons (Fsp3) is 0.444. The summed E-state index contributed by atoms with van der Waals surface area (Å²) in [6.07, 6.45) is 9.60. The van der Waals surface area contributed by atoms with E-state index < -0.39 is 0 Å². The Kier molecular flexibility index (Phi) is 3.75. The Balaban J connectivity index is 2.25. The summed E-state index contributed by atoms with van der Waals surface area (Å²) in [5, 5.41) is 0. The summed E-state index contributed by atoms with van der Waals surface area (Å²) in [5.41, 5.74) is 1.61. The minimum atomic E-state index is 0.227. The first kappa shape index (κ1) is 13.1. The van der Waals surface area contributed by atoms with E-state index in [-0.39, 0.29) is 5.41 Å². The van der Waals surface area contributed by atoms with Gasteiger partial charge in [-0.25, -0.2) is 0 Å². The first-order valence-electron chi connectivity index (χ1n) is 7.00. The van der Waals surface area contributed by atoms with Gasteiger partial charge in [0.15, 0.2) is 0 Å². The van der Waals surface area contributed by atoms with Crippen LogP contribution in [0, 0.1) is 17.3 Å². The van der Waals surface area contributed by atoms with Gasteiger partial charge in [-0.05, 0) is 17.4 Å². The van der Waals surface area contributed by atoms with Crippen molar-refractivity contribution in [3.63, 3.8) is 0 Å². The zero-order valence-electron chi connectivity index (χ0n) is 11.9. The number of benzene rings is 1. The van der Waals surface area contributed by atoms with Crippen LogP contribution in [0.4, 0.5) is 0 Å². The molecule has 0 aromatic heterocycles. The molecule has 1 aliphatic rings. The largest absolute Gasteiger partial charge is 0.0771 e. The SMILES string of the molecule is CC(C)C1(C(C)C)C=CC(c2ccccc2)C=C1. The van der Waals surface area contributed by atoms with Gasteiger partial charge >= 0.3 is 0 Å². The van der Waals surface area contributed by atoms with Crippen molar-refractivity contribution in [1.29, 1.82) is 0 Å². The Morgan fingerprint density at radius 1 is 0.833 bits per heavy atom. The van der Waals surface area contributed by atoms with Crippen LogP contribution in [0.3, 0.4) is 0 Å². The second-order valence-electron chi connectivity index (χ2n) is 5.96. The highest BCUT2D eigenvalue weighted by Crippen LogP contribution is 2.43. The van der Waals surface area contributed by atoms with Crippen molar-refractivity contribution in [3.8, 4) is 0 Å². The number of hydrogen-bond donors (Lipinski definition) is 0. The van der Waals surface area contributed by atoms with Gasteiger partial charge in [-0.1, -0.05) is 82.3 Å². The molecule has 0 aliphatic heterocycles. The first-order valence-corrected chi connectivity index (χ1v) is 7.00. The fourth-order valence-electron chi connectivity index (χ4n) is 2.99. The molecule has 0 fully saturated rings. The summed E-state index contributed by atoms with van der Waals surface area (Å²) < 4.78 is 0. The van der Waals surface area contributed by atoms with Gasteiger partial charge in [0.2, 0.25) is 0 Å². The van der Waals surface area contributed by atoms with Crippen molar-refractivity contribution in [1.82, 2.24) is 0 Å². The van der Waals surface area contributed by atoms with E-state index in [1.807, 2.05) is 0 Å². The standard InChI is InChI=1S/C18H24/c1-14(2)18(15(3)4)12-10-17(11-13-18)16-8-6-5-7-9-16/h5-15,17H,1-4H3. The molecule has 0 heteroatoms. The summed E-state index contributed by atoms with van der Waals surface area (Å²) in [6.45, 7) is 9.27. The highest BCUT2D eigenvalue weighted by Gasteiger charge is 2.33. The van der Waals surface area contributed by atoms with Crippen LogP contribution >= 0.6 is 0 Å². The molecule has 0 amide bonds. The summed E-state index contributed by atoms with van der Waals surface area (Å²) in [4.78, 5) is 0. The van der Waals surface area contributed by atoms with E-state index >= 15 is 0 Å². The molecule has 0 saturated carbocycles. The lowest BCUT2D eigenvalue weighted by Gasteiger charge is -2.38. The third-order valence-electron chi connectivity index (χ3n) is 4.37. The second-order valence-corrected chi connectivity index (χ2v) is 5.96. The average molecular weight is 240 g/mol. The third kappa shape index (κ3) is 2.29. The Hall–Kier alpha value is -1.30. The summed E-state index contributed by atoms with van der Waals surface area (Å²) >= 11 is 0. The van der Waals surface area contributed by atoms with E-state index in [9.17, 15) is 0 Å². The molecular formula is C18H24. The van der Waals surface area contributed by atoms with Gasteiger partial charge in [0.1, 0.15) is 0 Å². The van der Waals surface area contributed by atoms with E-state index in [1.165, 1.54) is 5.56 Å². The zero-order valence-corrected chi connectivity index (χ0v) is 11.9. The maximum absolute atomic E-state index is 2.43. The molecule has 1 aromatic rings. The lowest BCUT2D eigenvalue weighted by Crippen LogP contribution is -2.30. The van der Waals surface area contributed by atoms with Crippen LogP contribution in [0.1, 0.15) is 39.2 Å². The molecule has 0 heterocycles. The van der Waals surface area contributed by atoms with Crippen LogP contribution in [-0.4, -0.2) is 0 Å². The lowest BCUT2D eigenvalue weighted by atomic mass is 9.66. The highest BCUT2D eigenvalue weighted by atomic mass is 14.4. The monoisotopic (exact) mass is 240 g/mol. The van der Waals surface area contributed by atoms with Gasteiger partial charge in [-0.2, -0.15) is 0 Å². The van der Waals surface area contributed by atoms with Crippen molar-refractivity contribution in [3.05, 3.63) is 60.2 Å². The maximum Gasteiger partial charge on any atom is 0.0199 e. The van der Waals surface area contributed by atoms with E-state index in [4.69, 9.17) is 0 Å². The molecule has 1 aliphatic carbocycles. The average Bonchev–Trinajstić information content (AvgIpc) is 2.39. The van der Waals surface area contributed by atoms with E-state index in [2.05, 4.69) is 82.3 Å². The molecule has 18 heavy (non-hydrogen) atoms. The normalized spacial score (nSPS) is 18.8. The van der Waals surface area contributed by atoms with Gasteiger partial charge in [0, 0.05) is 11.3 Å². The number of hydrogen-bond acceptors (Lipinski definition) is 0. The van der Waals surface area contributed by atoms with Crippen molar-refractivity contribution in [2.24, 2.45) is 17.3 Å². The highest BCUT2D eigenvalue weighted by molar-refractivity contribution is 5.34. The van der Waals surface area contributed by atoms with Gasteiger partial charge in [-0.3, -0.25) is 0 Å². The number of allylic oxidation sites excluding steroid dienone is 4. The van der Waals surface area contributed by atoms with Crippen LogP contribution in [0.25, 0.3) is 0 Å². The molecular weight excluding hydrogens is 216 g/mol. The Labute approximate surface area is 111 Å². The van der Waals surface area contributed by atoms with Gasteiger partial charge in [0.05, 0.1) is 0 Å². The molecule has 2 rings (SSSR count). The van der Waals surface area contributed by atoms with Crippen LogP contribution < -0.4 is 0 Å². The van der Waals surface area contributed by atoms with Crippen molar-refractivity contribution < 1.29 is 0 Å². The molecule has 0 bridgehead atoms. The molecule has 0 spiro atoms. The summed E-state index contributed by atoms with van der Waals surface area (Å²) in [6, 6.07) is 10.7. The van der Waals surface area contributed by atoms with Crippen LogP contribution in [0.15, 0.2) is 54.6 Å². The van der Waals surface area contributed by atoms with Crippen LogP contribution in [-0.2, 0) is 0 Å². The second kappa shape index (κ2) is 5.14. The molecule has 96 valence electrons. The smallest absolute Gasteiger partial charge is 0.0199 e. The van der Waals surface area contributed by atoms with Crippen LogP contribution in [0.2, 0.25) is 0 Å². The molecule has 0 radical (unpaired) electrons. The molecule has 0 atom stereocenters. The molecule has 0 nitrogen and oxygen atoms in total. The van der Waals surface area contributed by atoms with Gasteiger partial charge < -0.3 is 0 Å². The van der Waals surface area contributed by atoms with E-state index in [0.29, 0.717) is 17.8 Å². The topological polar surface area (TPSA) is 0 Å². The molecule has 0 N–H and O–H groups in total. The van der Waals surface area contributed by atoms with Gasteiger partial charge in [-0.15, -0.1) is 0 Å². The molecule has 1 aromatic carbocycles. The minimum absolute atomic E-state index is 0.227. The first-order chi connectivity index (χ1) is 8.56. The Bertz CT molecular complexity index is 410. The Morgan fingerprint density at radius 3 is 1.78 bits per heavy atom. The fourth-order valence-corrected chi connectivity index (χ4v) is 2.99. The Morgan fingerprint density at radius 2 is 1.33 bits per heavy atom. The lowest BCUT2D eigenvalue weighted by molar-refractivity contribution is 0.245. The van der Waals surface area contributed by atoms with Crippen LogP contribution in [0.5, 0.6) is 0 Å². The van der Waals surface area contributed by atoms with Crippen molar-refractivity contribution >= 4 is 0 Å². The maximum atomic E-state index is 2.43. The number of rotatable bonds is 3. The van der Waals surface area contributed by atoms with Crippen molar-refractivity contribution in [2.75, 3.05) is 0 Å². The van der Waals surface area contributed by atoms with Crippen molar-refractivity contribution in [2.45, 2.75) is 33.6 Å². The molecule has 0 saturated heterocycles. The van der Waals surface area contributed by atoms with E-state index in [0.717, 1.165) is 0 Å². The molecule has 0 unspecified atom stereocenters. The third-order valence-corrected chi connectivity index (χ3v) is 4.37.